The molecular weight excluding hydrogens is 250 g/mol. The van der Waals surface area contributed by atoms with Gasteiger partial charge in [0.25, 0.3) is 0 Å². The molecule has 0 saturated heterocycles. The van der Waals surface area contributed by atoms with Gasteiger partial charge in [-0.3, -0.25) is 0 Å². The van der Waals surface area contributed by atoms with E-state index >= 15 is 0 Å². The van der Waals surface area contributed by atoms with Gasteiger partial charge in [-0.25, -0.2) is 13.1 Å². The quantitative estimate of drug-likeness (QED) is 0.885. The minimum atomic E-state index is -3.69. The fourth-order valence-electron chi connectivity index (χ4n) is 1.54. The van der Waals surface area contributed by atoms with Crippen LogP contribution in [-0.4, -0.2) is 13.5 Å². The van der Waals surface area contributed by atoms with Gasteiger partial charge in [0.2, 0.25) is 10.0 Å². The van der Waals surface area contributed by atoms with Gasteiger partial charge in [-0.05, 0) is 17.7 Å². The van der Waals surface area contributed by atoms with Gasteiger partial charge in [0.15, 0.2) is 0 Å². The Morgan fingerprint density at radius 3 is 2.22 bits per heavy atom. The third-order valence-electron chi connectivity index (χ3n) is 2.46. The second-order valence-corrected chi connectivity index (χ2v) is 5.51. The van der Waals surface area contributed by atoms with E-state index in [0.29, 0.717) is 0 Å². The van der Waals surface area contributed by atoms with Crippen molar-refractivity contribution in [3.63, 3.8) is 0 Å². The van der Waals surface area contributed by atoms with Crippen molar-refractivity contribution in [3.05, 3.63) is 60.2 Å². The number of para-hydroxylation sites is 1. The van der Waals surface area contributed by atoms with Gasteiger partial charge in [-0.15, -0.1) is 0 Å². The second kappa shape index (κ2) is 5.20. The summed E-state index contributed by atoms with van der Waals surface area (Å²) in [5.41, 5.74) is 0.858. The van der Waals surface area contributed by atoms with Crippen LogP contribution in [0.2, 0.25) is 0 Å². The van der Waals surface area contributed by atoms with E-state index in [1.165, 1.54) is 12.1 Å². The molecule has 0 aliphatic rings. The Bertz CT molecular complexity index is 624. The van der Waals surface area contributed by atoms with Gasteiger partial charge in [0.05, 0.1) is 0 Å². The predicted octanol–water partition coefficient (Wildman–Crippen LogP) is 1.87. The molecule has 0 amide bonds. The van der Waals surface area contributed by atoms with Crippen LogP contribution in [0.5, 0.6) is 5.75 Å². The van der Waals surface area contributed by atoms with Crippen LogP contribution in [0.3, 0.4) is 0 Å². The summed E-state index contributed by atoms with van der Waals surface area (Å²) >= 11 is 0. The highest BCUT2D eigenvalue weighted by atomic mass is 32.2. The highest BCUT2D eigenvalue weighted by molar-refractivity contribution is 7.89. The standard InChI is InChI=1S/C13H13NO3S/c15-12-8-4-5-9-13(12)18(16,17)14-10-11-6-2-1-3-7-11/h1-9,14-15H,10H2. The maximum Gasteiger partial charge on any atom is 0.244 e. The number of sulfonamides is 1. The Labute approximate surface area is 106 Å². The van der Waals surface area contributed by atoms with Crippen molar-refractivity contribution in [2.45, 2.75) is 11.4 Å². The van der Waals surface area contributed by atoms with Crippen LogP contribution < -0.4 is 4.72 Å². The van der Waals surface area contributed by atoms with Crippen LogP contribution in [0.1, 0.15) is 5.56 Å². The second-order valence-electron chi connectivity index (χ2n) is 3.78. The van der Waals surface area contributed by atoms with E-state index in [1.54, 1.807) is 12.1 Å². The monoisotopic (exact) mass is 263 g/mol. The third kappa shape index (κ3) is 2.88. The van der Waals surface area contributed by atoms with Crippen molar-refractivity contribution in [1.29, 1.82) is 0 Å². The fraction of sp³-hybridized carbons (Fsp3) is 0.0769. The molecule has 0 fully saturated rings. The summed E-state index contributed by atoms with van der Waals surface area (Å²) in [6.07, 6.45) is 0. The first kappa shape index (κ1) is 12.6. The average Bonchev–Trinajstić information content (AvgIpc) is 2.38. The van der Waals surface area contributed by atoms with Crippen LogP contribution >= 0.6 is 0 Å². The van der Waals surface area contributed by atoms with Gasteiger partial charge in [0.1, 0.15) is 10.6 Å². The van der Waals surface area contributed by atoms with Crippen LogP contribution in [0.4, 0.5) is 0 Å². The number of phenols is 1. The number of hydrogen-bond acceptors (Lipinski definition) is 3. The summed E-state index contributed by atoms with van der Waals surface area (Å²) < 4.78 is 26.4. The van der Waals surface area contributed by atoms with E-state index < -0.39 is 10.0 Å². The summed E-state index contributed by atoms with van der Waals surface area (Å²) in [4.78, 5) is -0.110. The molecule has 4 nitrogen and oxygen atoms in total. The number of phenolic OH excluding ortho intramolecular Hbond substituents is 1. The Morgan fingerprint density at radius 2 is 1.56 bits per heavy atom. The number of rotatable bonds is 4. The summed E-state index contributed by atoms with van der Waals surface area (Å²) in [5.74, 6) is -0.252. The fourth-order valence-corrected chi connectivity index (χ4v) is 2.65. The lowest BCUT2D eigenvalue weighted by atomic mass is 10.2. The number of aromatic hydroxyl groups is 1. The zero-order chi connectivity index (χ0) is 13.0. The molecule has 0 heterocycles. The third-order valence-corrected chi connectivity index (χ3v) is 3.91. The molecule has 2 aromatic rings. The highest BCUT2D eigenvalue weighted by Gasteiger charge is 2.17. The van der Waals surface area contributed by atoms with Crippen molar-refractivity contribution < 1.29 is 13.5 Å². The lowest BCUT2D eigenvalue weighted by molar-refractivity contribution is 0.458. The van der Waals surface area contributed by atoms with E-state index in [-0.39, 0.29) is 17.2 Å². The lowest BCUT2D eigenvalue weighted by Gasteiger charge is -2.08. The van der Waals surface area contributed by atoms with Gasteiger partial charge in [0, 0.05) is 6.54 Å². The van der Waals surface area contributed by atoms with E-state index in [0.717, 1.165) is 5.56 Å². The van der Waals surface area contributed by atoms with Crippen LogP contribution in [0, 0.1) is 0 Å². The summed E-state index contributed by atoms with van der Waals surface area (Å²) in [7, 11) is -3.69. The molecule has 2 rings (SSSR count). The molecule has 0 saturated carbocycles. The van der Waals surface area contributed by atoms with Gasteiger partial charge >= 0.3 is 0 Å². The van der Waals surface area contributed by atoms with Crippen molar-refractivity contribution in [3.8, 4) is 5.75 Å². The molecule has 0 aromatic heterocycles. The Hall–Kier alpha value is -1.85. The molecular formula is C13H13NO3S. The highest BCUT2D eigenvalue weighted by Crippen LogP contribution is 2.21. The summed E-state index contributed by atoms with van der Waals surface area (Å²) in [6, 6.07) is 15.0. The first-order valence-corrected chi connectivity index (χ1v) is 6.89. The van der Waals surface area contributed by atoms with E-state index in [4.69, 9.17) is 0 Å². The van der Waals surface area contributed by atoms with E-state index in [1.807, 2.05) is 30.3 Å². The molecule has 2 aromatic carbocycles. The maximum atomic E-state index is 12.0. The summed E-state index contributed by atoms with van der Waals surface area (Å²) in [5, 5.41) is 9.52. The lowest BCUT2D eigenvalue weighted by Crippen LogP contribution is -2.23. The first-order valence-electron chi connectivity index (χ1n) is 5.41. The Morgan fingerprint density at radius 1 is 0.944 bits per heavy atom. The molecule has 18 heavy (non-hydrogen) atoms. The van der Waals surface area contributed by atoms with Crippen molar-refractivity contribution in [2.75, 3.05) is 0 Å². The van der Waals surface area contributed by atoms with Crippen molar-refractivity contribution in [1.82, 2.24) is 4.72 Å². The molecule has 94 valence electrons. The average molecular weight is 263 g/mol. The SMILES string of the molecule is O=S(=O)(NCc1ccccc1)c1ccccc1O. The van der Waals surface area contributed by atoms with E-state index in [2.05, 4.69) is 4.72 Å². The molecule has 2 N–H and O–H groups in total. The molecule has 0 unspecified atom stereocenters. The van der Waals surface area contributed by atoms with Crippen LogP contribution in [0.25, 0.3) is 0 Å². The zero-order valence-corrected chi connectivity index (χ0v) is 10.4. The number of benzene rings is 2. The molecule has 0 aliphatic heterocycles. The summed E-state index contributed by atoms with van der Waals surface area (Å²) in [6.45, 7) is 0.192. The number of nitrogens with one attached hydrogen (secondary N) is 1. The van der Waals surface area contributed by atoms with E-state index in [9.17, 15) is 13.5 Å². The molecule has 0 bridgehead atoms. The minimum Gasteiger partial charge on any atom is -0.507 e. The topological polar surface area (TPSA) is 66.4 Å². The molecule has 0 radical (unpaired) electrons. The number of hydrogen-bond donors (Lipinski definition) is 2. The Kier molecular flexibility index (Phi) is 3.64. The predicted molar refractivity (Wildman–Crippen MR) is 68.6 cm³/mol. The van der Waals surface area contributed by atoms with Crippen LogP contribution in [0.15, 0.2) is 59.5 Å². The molecule has 0 aliphatic carbocycles. The van der Waals surface area contributed by atoms with Crippen molar-refractivity contribution in [2.24, 2.45) is 0 Å². The normalized spacial score (nSPS) is 11.3. The van der Waals surface area contributed by atoms with Gasteiger partial charge < -0.3 is 5.11 Å². The maximum absolute atomic E-state index is 12.0. The molecule has 0 atom stereocenters. The van der Waals surface area contributed by atoms with Crippen LogP contribution in [-0.2, 0) is 16.6 Å². The van der Waals surface area contributed by atoms with Gasteiger partial charge in [-0.1, -0.05) is 42.5 Å². The molecule has 5 heteroatoms. The zero-order valence-electron chi connectivity index (χ0n) is 9.58. The first-order chi connectivity index (χ1) is 8.59. The van der Waals surface area contributed by atoms with Crippen molar-refractivity contribution >= 4 is 10.0 Å². The molecule has 0 spiro atoms. The van der Waals surface area contributed by atoms with Gasteiger partial charge in [-0.2, -0.15) is 0 Å². The minimum absolute atomic E-state index is 0.110. The smallest absolute Gasteiger partial charge is 0.244 e. The largest absolute Gasteiger partial charge is 0.507 e. The Balaban J connectivity index is 2.16.